The number of carbonyl (C=O) groups excluding carboxylic acids is 1. The van der Waals surface area contributed by atoms with Crippen LogP contribution in [0.4, 0.5) is 0 Å². The van der Waals surface area contributed by atoms with E-state index in [2.05, 4.69) is 5.32 Å². The lowest BCUT2D eigenvalue weighted by molar-refractivity contribution is -0.145. The highest BCUT2D eigenvalue weighted by Crippen LogP contribution is 2.29. The highest BCUT2D eigenvalue weighted by atomic mass is 16.5. The molecule has 1 saturated heterocycles. The summed E-state index contributed by atoms with van der Waals surface area (Å²) < 4.78 is 5.47. The first-order chi connectivity index (χ1) is 7.31. The van der Waals surface area contributed by atoms with Gasteiger partial charge >= 0.3 is 0 Å². The van der Waals surface area contributed by atoms with Gasteiger partial charge in [-0.05, 0) is 25.7 Å². The zero-order chi connectivity index (χ0) is 10.7. The van der Waals surface area contributed by atoms with E-state index in [0.29, 0.717) is 13.2 Å². The molecule has 0 aromatic rings. The number of hydrogen-bond donors (Lipinski definition) is 1. The van der Waals surface area contributed by atoms with Crippen molar-refractivity contribution in [2.75, 3.05) is 32.8 Å². The van der Waals surface area contributed by atoms with E-state index in [1.165, 1.54) is 12.8 Å². The van der Waals surface area contributed by atoms with E-state index in [9.17, 15) is 4.79 Å². The van der Waals surface area contributed by atoms with Gasteiger partial charge in [0.05, 0.1) is 6.61 Å². The lowest BCUT2D eigenvalue weighted by atomic mass is 10.2. The molecule has 1 aliphatic carbocycles. The first kappa shape index (κ1) is 10.9. The number of ether oxygens (including phenoxy) is 1. The summed E-state index contributed by atoms with van der Waals surface area (Å²) in [6.07, 6.45) is 2.32. The molecule has 0 aromatic heterocycles. The van der Waals surface area contributed by atoms with Crippen LogP contribution in [0.25, 0.3) is 0 Å². The number of rotatable bonds is 4. The van der Waals surface area contributed by atoms with Gasteiger partial charge in [-0.3, -0.25) is 4.79 Å². The average Bonchev–Trinajstić information content (AvgIpc) is 3.10. The van der Waals surface area contributed by atoms with E-state index < -0.39 is 0 Å². The molecule has 1 heterocycles. The summed E-state index contributed by atoms with van der Waals surface area (Å²) in [6.45, 7) is 5.94. The molecule has 0 unspecified atom stereocenters. The molecule has 2 fully saturated rings. The summed E-state index contributed by atoms with van der Waals surface area (Å²) in [5, 5.41) is 3.19. The smallest absolute Gasteiger partial charge is 0.253 e. The normalized spacial score (nSPS) is 26.3. The average molecular weight is 212 g/mol. The van der Waals surface area contributed by atoms with Crippen LogP contribution in [0.2, 0.25) is 0 Å². The Hall–Kier alpha value is -0.610. The summed E-state index contributed by atoms with van der Waals surface area (Å²) in [7, 11) is 0. The summed E-state index contributed by atoms with van der Waals surface area (Å²) in [4.78, 5) is 14.0. The molecular weight excluding hydrogens is 192 g/mol. The molecule has 4 heteroatoms. The number of carbonyl (C=O) groups is 1. The van der Waals surface area contributed by atoms with Crippen molar-refractivity contribution in [3.8, 4) is 0 Å². The van der Waals surface area contributed by atoms with E-state index >= 15 is 0 Å². The Bertz CT molecular complexity index is 223. The summed E-state index contributed by atoms with van der Waals surface area (Å²) in [5.74, 6) is 0.919. The quantitative estimate of drug-likeness (QED) is 0.725. The summed E-state index contributed by atoms with van der Waals surface area (Å²) >= 11 is 0. The van der Waals surface area contributed by atoms with Gasteiger partial charge in [-0.15, -0.1) is 0 Å². The van der Waals surface area contributed by atoms with E-state index in [-0.39, 0.29) is 12.0 Å². The lowest BCUT2D eigenvalue weighted by Crippen LogP contribution is -2.49. The lowest BCUT2D eigenvalue weighted by Gasteiger charge is -2.29. The maximum atomic E-state index is 12.1. The Balaban J connectivity index is 1.84. The van der Waals surface area contributed by atoms with Gasteiger partial charge in [0.25, 0.3) is 5.91 Å². The summed E-state index contributed by atoms with van der Waals surface area (Å²) in [5.41, 5.74) is 0. The first-order valence-electron chi connectivity index (χ1n) is 5.92. The molecule has 2 aliphatic rings. The Labute approximate surface area is 91.0 Å². The molecule has 1 atom stereocenters. The monoisotopic (exact) mass is 212 g/mol. The van der Waals surface area contributed by atoms with Crippen molar-refractivity contribution in [2.45, 2.75) is 25.9 Å². The molecule has 1 aliphatic heterocycles. The van der Waals surface area contributed by atoms with Crippen molar-refractivity contribution >= 4 is 5.91 Å². The second-order valence-corrected chi connectivity index (χ2v) is 4.38. The predicted octanol–water partition coefficient (Wildman–Crippen LogP) is 0.233. The fourth-order valence-corrected chi connectivity index (χ4v) is 1.91. The maximum absolute atomic E-state index is 12.1. The Morgan fingerprint density at radius 1 is 1.53 bits per heavy atom. The van der Waals surface area contributed by atoms with Gasteiger partial charge in [0.15, 0.2) is 0 Å². The molecule has 1 saturated carbocycles. The molecule has 86 valence electrons. The van der Waals surface area contributed by atoms with E-state index in [0.717, 1.165) is 25.6 Å². The number of nitrogens with one attached hydrogen (secondary N) is 1. The van der Waals surface area contributed by atoms with Crippen LogP contribution in [0.3, 0.4) is 0 Å². The summed E-state index contributed by atoms with van der Waals surface area (Å²) in [6, 6.07) is 0. The molecule has 0 spiro atoms. The molecule has 0 radical (unpaired) electrons. The number of amides is 1. The van der Waals surface area contributed by atoms with Crippen LogP contribution in [-0.2, 0) is 9.53 Å². The Morgan fingerprint density at radius 2 is 2.33 bits per heavy atom. The molecule has 1 N–H and O–H groups in total. The van der Waals surface area contributed by atoms with E-state index in [4.69, 9.17) is 4.74 Å². The highest BCUT2D eigenvalue weighted by Gasteiger charge is 2.30. The first-order valence-corrected chi connectivity index (χ1v) is 5.92. The van der Waals surface area contributed by atoms with Crippen molar-refractivity contribution in [3.63, 3.8) is 0 Å². The minimum Gasteiger partial charge on any atom is -0.366 e. The molecule has 4 nitrogen and oxygen atoms in total. The molecule has 1 amide bonds. The topological polar surface area (TPSA) is 41.6 Å². The Morgan fingerprint density at radius 3 is 2.87 bits per heavy atom. The SMILES string of the molecule is CCN(CC1CC1)C(=O)[C@H]1CNCCO1. The standard InChI is InChI=1S/C11H20N2O2/c1-2-13(8-9-3-4-9)11(14)10-7-12-5-6-15-10/h9-10,12H,2-8H2,1H3/t10-/m1/s1. The number of likely N-dealkylation sites (N-methyl/N-ethyl adjacent to an activating group) is 1. The second kappa shape index (κ2) is 4.94. The Kier molecular flexibility index (Phi) is 3.59. The van der Waals surface area contributed by atoms with Gasteiger partial charge in [-0.1, -0.05) is 0 Å². The van der Waals surface area contributed by atoms with Crippen LogP contribution in [-0.4, -0.2) is 49.7 Å². The largest absolute Gasteiger partial charge is 0.366 e. The fraction of sp³-hybridized carbons (Fsp3) is 0.909. The molecule has 0 aromatic carbocycles. The molecule has 0 bridgehead atoms. The molecule has 2 rings (SSSR count). The fourth-order valence-electron chi connectivity index (χ4n) is 1.91. The van der Waals surface area contributed by atoms with Crippen LogP contribution >= 0.6 is 0 Å². The van der Waals surface area contributed by atoms with Gasteiger partial charge in [0.1, 0.15) is 6.10 Å². The van der Waals surface area contributed by atoms with Gasteiger partial charge in [-0.2, -0.15) is 0 Å². The van der Waals surface area contributed by atoms with Gasteiger partial charge in [0.2, 0.25) is 0 Å². The zero-order valence-electron chi connectivity index (χ0n) is 9.37. The highest BCUT2D eigenvalue weighted by molar-refractivity contribution is 5.81. The van der Waals surface area contributed by atoms with Crippen LogP contribution in [0.1, 0.15) is 19.8 Å². The maximum Gasteiger partial charge on any atom is 0.253 e. The van der Waals surface area contributed by atoms with Gasteiger partial charge in [-0.25, -0.2) is 0 Å². The third kappa shape index (κ3) is 2.92. The second-order valence-electron chi connectivity index (χ2n) is 4.38. The molecule has 15 heavy (non-hydrogen) atoms. The van der Waals surface area contributed by atoms with Crippen molar-refractivity contribution in [1.29, 1.82) is 0 Å². The third-order valence-electron chi connectivity index (χ3n) is 3.07. The van der Waals surface area contributed by atoms with E-state index in [1.54, 1.807) is 0 Å². The van der Waals surface area contributed by atoms with Crippen molar-refractivity contribution in [1.82, 2.24) is 10.2 Å². The van der Waals surface area contributed by atoms with Crippen LogP contribution in [0, 0.1) is 5.92 Å². The minimum absolute atomic E-state index is 0.164. The number of morpholine rings is 1. The van der Waals surface area contributed by atoms with Crippen molar-refractivity contribution in [2.24, 2.45) is 5.92 Å². The van der Waals surface area contributed by atoms with Gasteiger partial charge in [0, 0.05) is 26.2 Å². The number of hydrogen-bond acceptors (Lipinski definition) is 3. The zero-order valence-corrected chi connectivity index (χ0v) is 9.37. The van der Waals surface area contributed by atoms with Crippen LogP contribution in [0.5, 0.6) is 0 Å². The van der Waals surface area contributed by atoms with Crippen LogP contribution in [0.15, 0.2) is 0 Å². The van der Waals surface area contributed by atoms with E-state index in [1.807, 2.05) is 11.8 Å². The minimum atomic E-state index is -0.252. The van der Waals surface area contributed by atoms with Crippen LogP contribution < -0.4 is 5.32 Å². The van der Waals surface area contributed by atoms with Crippen molar-refractivity contribution < 1.29 is 9.53 Å². The van der Waals surface area contributed by atoms with Crippen molar-refractivity contribution in [3.05, 3.63) is 0 Å². The third-order valence-corrected chi connectivity index (χ3v) is 3.07. The predicted molar refractivity (Wildman–Crippen MR) is 57.6 cm³/mol. The number of nitrogens with zero attached hydrogens (tertiary/aromatic N) is 1. The molecular formula is C11H20N2O2. The van der Waals surface area contributed by atoms with Gasteiger partial charge < -0.3 is 15.0 Å².